The van der Waals surface area contributed by atoms with Gasteiger partial charge in [0.2, 0.25) is 5.91 Å². The summed E-state index contributed by atoms with van der Waals surface area (Å²) < 4.78 is 0. The third-order valence-corrected chi connectivity index (χ3v) is 2.55. The van der Waals surface area contributed by atoms with Crippen LogP contribution in [0, 0.1) is 11.8 Å². The van der Waals surface area contributed by atoms with Gasteiger partial charge in [0.15, 0.2) is 0 Å². The van der Waals surface area contributed by atoms with Gasteiger partial charge in [0.05, 0.1) is 6.61 Å². The number of amides is 1. The van der Waals surface area contributed by atoms with E-state index in [1.54, 1.807) is 0 Å². The van der Waals surface area contributed by atoms with Crippen molar-refractivity contribution in [1.82, 2.24) is 4.90 Å². The fourth-order valence-corrected chi connectivity index (χ4v) is 1.81. The van der Waals surface area contributed by atoms with Crippen LogP contribution in [-0.2, 0) is 9.63 Å². The van der Waals surface area contributed by atoms with Gasteiger partial charge in [0, 0.05) is 25.4 Å². The van der Waals surface area contributed by atoms with E-state index in [1.807, 2.05) is 4.90 Å². The van der Waals surface area contributed by atoms with Gasteiger partial charge in [-0.1, -0.05) is 13.8 Å². The second-order valence-electron chi connectivity index (χ2n) is 4.43. The van der Waals surface area contributed by atoms with Gasteiger partial charge in [-0.15, -0.1) is 0 Å². The Bertz CT molecular complexity index is 195. The Hall–Kier alpha value is -0.610. The van der Waals surface area contributed by atoms with Crippen LogP contribution in [0.3, 0.4) is 0 Å². The molecule has 0 aromatic rings. The molecular weight excluding hydrogens is 180 g/mol. The first-order chi connectivity index (χ1) is 6.63. The topological polar surface area (TPSA) is 55.6 Å². The van der Waals surface area contributed by atoms with Crippen LogP contribution >= 0.6 is 0 Å². The number of carbonyl (C=O) groups is 1. The molecule has 0 spiro atoms. The molecule has 1 aliphatic heterocycles. The van der Waals surface area contributed by atoms with Crippen LogP contribution < -0.4 is 5.90 Å². The van der Waals surface area contributed by atoms with Gasteiger partial charge in [0.1, 0.15) is 0 Å². The number of rotatable bonds is 4. The van der Waals surface area contributed by atoms with E-state index >= 15 is 0 Å². The lowest BCUT2D eigenvalue weighted by Gasteiger charge is -2.17. The average Bonchev–Trinajstić information content (AvgIpc) is 2.52. The Kier molecular flexibility index (Phi) is 4.35. The Balaban J connectivity index is 2.30. The van der Waals surface area contributed by atoms with Crippen LogP contribution in [0.1, 0.15) is 26.7 Å². The maximum atomic E-state index is 11.7. The maximum Gasteiger partial charge on any atom is 0.222 e. The molecule has 4 heteroatoms. The van der Waals surface area contributed by atoms with Crippen molar-refractivity contribution in [2.24, 2.45) is 17.7 Å². The number of hydrogen-bond donors (Lipinski definition) is 1. The highest BCUT2D eigenvalue weighted by Crippen LogP contribution is 2.18. The molecule has 82 valence electrons. The van der Waals surface area contributed by atoms with E-state index in [9.17, 15) is 4.79 Å². The highest BCUT2D eigenvalue weighted by atomic mass is 16.6. The number of hydrogen-bond acceptors (Lipinski definition) is 3. The molecule has 1 fully saturated rings. The first-order valence-electron chi connectivity index (χ1n) is 5.23. The van der Waals surface area contributed by atoms with E-state index in [2.05, 4.69) is 18.7 Å². The molecule has 1 amide bonds. The van der Waals surface area contributed by atoms with Crippen molar-refractivity contribution in [1.29, 1.82) is 0 Å². The van der Waals surface area contributed by atoms with Crippen molar-refractivity contribution in [2.75, 3.05) is 19.7 Å². The van der Waals surface area contributed by atoms with Crippen LogP contribution in [0.2, 0.25) is 0 Å². The normalized spacial score (nSPS) is 22.0. The lowest BCUT2D eigenvalue weighted by molar-refractivity contribution is -0.131. The smallest absolute Gasteiger partial charge is 0.222 e. The average molecular weight is 200 g/mol. The summed E-state index contributed by atoms with van der Waals surface area (Å²) >= 11 is 0. The first kappa shape index (κ1) is 11.5. The molecule has 0 radical (unpaired) electrons. The lowest BCUT2D eigenvalue weighted by atomic mass is 10.1. The highest BCUT2D eigenvalue weighted by Gasteiger charge is 2.26. The summed E-state index contributed by atoms with van der Waals surface area (Å²) in [6.45, 7) is 6.36. The van der Waals surface area contributed by atoms with Gasteiger partial charge in [-0.25, -0.2) is 5.90 Å². The zero-order valence-corrected chi connectivity index (χ0v) is 9.03. The molecule has 0 aromatic heterocycles. The van der Waals surface area contributed by atoms with Crippen LogP contribution in [0.25, 0.3) is 0 Å². The third-order valence-electron chi connectivity index (χ3n) is 2.55. The van der Waals surface area contributed by atoms with Gasteiger partial charge in [0.25, 0.3) is 0 Å². The van der Waals surface area contributed by atoms with Gasteiger partial charge in [-0.05, 0) is 12.3 Å². The molecular formula is C10H20N2O2. The second-order valence-corrected chi connectivity index (χ2v) is 4.43. The van der Waals surface area contributed by atoms with Crippen molar-refractivity contribution < 1.29 is 9.63 Å². The molecule has 0 aromatic carbocycles. The minimum absolute atomic E-state index is 0.263. The Morgan fingerprint density at radius 2 is 2.36 bits per heavy atom. The minimum Gasteiger partial charge on any atom is -0.342 e. The molecule has 1 heterocycles. The summed E-state index contributed by atoms with van der Waals surface area (Å²) in [5, 5.41) is 0. The molecule has 0 bridgehead atoms. The fraction of sp³-hybridized carbons (Fsp3) is 0.900. The molecule has 1 atom stereocenters. The Morgan fingerprint density at radius 1 is 1.64 bits per heavy atom. The molecule has 4 nitrogen and oxygen atoms in total. The monoisotopic (exact) mass is 200 g/mol. The summed E-state index contributed by atoms with van der Waals surface area (Å²) in [6, 6.07) is 0. The van der Waals surface area contributed by atoms with Crippen LogP contribution in [0.15, 0.2) is 0 Å². The van der Waals surface area contributed by atoms with Gasteiger partial charge in [-0.3, -0.25) is 4.79 Å². The van der Waals surface area contributed by atoms with Crippen molar-refractivity contribution in [3.8, 4) is 0 Å². The fourth-order valence-electron chi connectivity index (χ4n) is 1.81. The van der Waals surface area contributed by atoms with Crippen LogP contribution in [0.5, 0.6) is 0 Å². The van der Waals surface area contributed by atoms with Crippen LogP contribution in [-0.4, -0.2) is 30.5 Å². The van der Waals surface area contributed by atoms with E-state index in [1.165, 1.54) is 0 Å². The predicted molar refractivity (Wildman–Crippen MR) is 54.3 cm³/mol. The number of carbonyl (C=O) groups excluding carboxylic acids is 1. The lowest BCUT2D eigenvalue weighted by Crippen LogP contribution is -2.30. The van der Waals surface area contributed by atoms with Crippen molar-refractivity contribution in [3.05, 3.63) is 0 Å². The minimum atomic E-state index is 0.263. The molecule has 0 saturated carbocycles. The van der Waals surface area contributed by atoms with Crippen molar-refractivity contribution >= 4 is 5.91 Å². The first-order valence-corrected chi connectivity index (χ1v) is 5.23. The van der Waals surface area contributed by atoms with Crippen LogP contribution in [0.4, 0.5) is 0 Å². The molecule has 1 aliphatic rings. The highest BCUT2D eigenvalue weighted by molar-refractivity contribution is 5.76. The maximum absolute atomic E-state index is 11.7. The molecule has 14 heavy (non-hydrogen) atoms. The molecule has 1 saturated heterocycles. The number of nitrogens with zero attached hydrogens (tertiary/aromatic N) is 1. The quantitative estimate of drug-likeness (QED) is 0.682. The van der Waals surface area contributed by atoms with Gasteiger partial charge in [-0.2, -0.15) is 0 Å². The number of likely N-dealkylation sites (tertiary alicyclic amines) is 1. The van der Waals surface area contributed by atoms with E-state index < -0.39 is 0 Å². The standard InChI is InChI=1S/C10H20N2O2/c1-8(2)5-10(13)12-4-3-9(6-12)7-14-11/h8-9H,3-7,11H2,1-2H3. The summed E-state index contributed by atoms with van der Waals surface area (Å²) in [4.78, 5) is 18.2. The molecule has 0 aliphatic carbocycles. The molecule has 2 N–H and O–H groups in total. The third kappa shape index (κ3) is 3.27. The van der Waals surface area contributed by atoms with Crippen molar-refractivity contribution in [3.63, 3.8) is 0 Å². The van der Waals surface area contributed by atoms with Gasteiger partial charge < -0.3 is 9.74 Å². The SMILES string of the molecule is CC(C)CC(=O)N1CCC(CON)C1. The van der Waals surface area contributed by atoms with E-state index in [-0.39, 0.29) is 5.91 Å². The van der Waals surface area contributed by atoms with E-state index in [4.69, 9.17) is 5.90 Å². The zero-order valence-electron chi connectivity index (χ0n) is 9.03. The number of nitrogens with two attached hydrogens (primary N) is 1. The van der Waals surface area contributed by atoms with Crippen molar-refractivity contribution in [2.45, 2.75) is 26.7 Å². The summed E-state index contributed by atoms with van der Waals surface area (Å²) in [5.41, 5.74) is 0. The predicted octanol–water partition coefficient (Wildman–Crippen LogP) is 0.771. The summed E-state index contributed by atoms with van der Waals surface area (Å²) in [7, 11) is 0. The Labute approximate surface area is 85.3 Å². The zero-order chi connectivity index (χ0) is 10.6. The summed E-state index contributed by atoms with van der Waals surface area (Å²) in [5.74, 6) is 6.13. The largest absolute Gasteiger partial charge is 0.342 e. The second kappa shape index (κ2) is 5.32. The Morgan fingerprint density at radius 3 is 2.93 bits per heavy atom. The molecule has 1 rings (SSSR count). The van der Waals surface area contributed by atoms with E-state index in [0.29, 0.717) is 24.9 Å². The summed E-state index contributed by atoms with van der Waals surface area (Å²) in [6.07, 6.45) is 1.66. The van der Waals surface area contributed by atoms with Gasteiger partial charge >= 0.3 is 0 Å². The molecule has 1 unspecified atom stereocenters. The van der Waals surface area contributed by atoms with E-state index in [0.717, 1.165) is 19.5 Å².